The lowest BCUT2D eigenvalue weighted by Crippen LogP contribution is -2.27. The fourth-order valence-electron chi connectivity index (χ4n) is 1.46. The topological polar surface area (TPSA) is 66.8 Å². The molecule has 1 amide bonds. The molecule has 16 heavy (non-hydrogen) atoms. The minimum absolute atomic E-state index is 0.0299. The second kappa shape index (κ2) is 4.02. The third kappa shape index (κ3) is 1.81. The van der Waals surface area contributed by atoms with Crippen molar-refractivity contribution >= 4 is 29.4 Å². The predicted molar refractivity (Wildman–Crippen MR) is 56.7 cm³/mol. The number of rotatable bonds is 2. The lowest BCUT2D eigenvalue weighted by atomic mass is 10.3. The van der Waals surface area contributed by atoms with Crippen LogP contribution in [0.1, 0.15) is 0 Å². The third-order valence-corrected chi connectivity index (χ3v) is 2.55. The first-order valence-electron chi connectivity index (χ1n) is 4.55. The van der Waals surface area contributed by atoms with Gasteiger partial charge >= 0.3 is 12.1 Å². The van der Waals surface area contributed by atoms with Gasteiger partial charge in [0.1, 0.15) is 0 Å². The highest BCUT2D eigenvalue weighted by Crippen LogP contribution is 2.28. The number of nitrogens with zero attached hydrogens (tertiary/aromatic N) is 1. The summed E-state index contributed by atoms with van der Waals surface area (Å²) in [4.78, 5) is 23.3. The Bertz CT molecular complexity index is 448. The molecule has 1 heterocycles. The maximum Gasteiger partial charge on any atom is 0.415 e. The first kappa shape index (κ1) is 10.8. The Kier molecular flexibility index (Phi) is 2.70. The highest BCUT2D eigenvalue weighted by atomic mass is 35.5. The van der Waals surface area contributed by atoms with E-state index in [2.05, 4.69) is 4.74 Å². The van der Waals surface area contributed by atoms with Crippen molar-refractivity contribution in [2.75, 3.05) is 11.4 Å². The number of ether oxygens (including phenoxy) is 1. The summed E-state index contributed by atoms with van der Waals surface area (Å²) in [5, 5.41) is 9.11. The molecule has 0 spiro atoms. The molecular formula is C10H8ClNO4. The zero-order chi connectivity index (χ0) is 11.7. The summed E-state index contributed by atoms with van der Waals surface area (Å²) < 4.78 is 4.67. The smallest absolute Gasteiger partial charge is 0.415 e. The molecule has 1 aliphatic rings. The van der Waals surface area contributed by atoms with Crippen LogP contribution >= 0.6 is 11.6 Å². The second-order valence-corrected chi connectivity index (χ2v) is 3.68. The Hall–Kier alpha value is -1.75. The molecule has 0 unspecified atom stereocenters. The van der Waals surface area contributed by atoms with Crippen molar-refractivity contribution in [2.45, 2.75) is 6.10 Å². The quantitative estimate of drug-likeness (QED) is 0.857. The number of amides is 1. The van der Waals surface area contributed by atoms with Gasteiger partial charge in [-0.05, 0) is 12.1 Å². The maximum atomic E-state index is 11.4. The lowest BCUT2D eigenvalue weighted by Gasteiger charge is -2.13. The number of carbonyl (C=O) groups excluding carboxylic acids is 1. The van der Waals surface area contributed by atoms with Gasteiger partial charge in [-0.1, -0.05) is 23.7 Å². The zero-order valence-corrected chi connectivity index (χ0v) is 8.85. The third-order valence-electron chi connectivity index (χ3n) is 2.23. The standard InChI is InChI=1S/C10H8ClNO4/c11-6-3-1-2-4-7(6)12-5-8(9(13)14)16-10(12)15/h1-4,8H,5H2,(H,13,14)/t8-/m1/s1. The molecule has 1 saturated heterocycles. The van der Waals surface area contributed by atoms with Crippen molar-refractivity contribution in [2.24, 2.45) is 0 Å². The van der Waals surface area contributed by atoms with Crippen molar-refractivity contribution in [3.05, 3.63) is 29.3 Å². The van der Waals surface area contributed by atoms with Crippen LogP contribution in [0.15, 0.2) is 24.3 Å². The summed E-state index contributed by atoms with van der Waals surface area (Å²) in [7, 11) is 0. The molecule has 0 aromatic heterocycles. The number of para-hydroxylation sites is 1. The van der Waals surface area contributed by atoms with Gasteiger partial charge in [0.15, 0.2) is 0 Å². The van der Waals surface area contributed by atoms with Crippen LogP contribution in [0.4, 0.5) is 10.5 Å². The van der Waals surface area contributed by atoms with Crippen LogP contribution < -0.4 is 4.90 Å². The lowest BCUT2D eigenvalue weighted by molar-refractivity contribution is -0.144. The monoisotopic (exact) mass is 241 g/mol. The van der Waals surface area contributed by atoms with E-state index in [0.717, 1.165) is 0 Å². The van der Waals surface area contributed by atoms with E-state index in [-0.39, 0.29) is 6.54 Å². The van der Waals surface area contributed by atoms with E-state index in [0.29, 0.717) is 10.7 Å². The molecule has 84 valence electrons. The highest BCUT2D eigenvalue weighted by molar-refractivity contribution is 6.33. The maximum absolute atomic E-state index is 11.4. The van der Waals surface area contributed by atoms with Gasteiger partial charge in [-0.15, -0.1) is 0 Å². The average molecular weight is 242 g/mol. The Morgan fingerprint density at radius 3 is 2.75 bits per heavy atom. The van der Waals surface area contributed by atoms with Gasteiger partial charge in [0, 0.05) is 0 Å². The van der Waals surface area contributed by atoms with E-state index in [1.807, 2.05) is 0 Å². The molecular weight excluding hydrogens is 234 g/mol. The minimum atomic E-state index is -1.16. The Morgan fingerprint density at radius 2 is 2.19 bits per heavy atom. The molecule has 1 aromatic rings. The van der Waals surface area contributed by atoms with Gasteiger partial charge in [0.05, 0.1) is 17.3 Å². The summed E-state index contributed by atoms with van der Waals surface area (Å²) in [6.07, 6.45) is -1.83. The van der Waals surface area contributed by atoms with E-state index in [9.17, 15) is 9.59 Å². The van der Waals surface area contributed by atoms with Crippen molar-refractivity contribution in [3.63, 3.8) is 0 Å². The van der Waals surface area contributed by atoms with Crippen LogP contribution in [-0.2, 0) is 9.53 Å². The van der Waals surface area contributed by atoms with E-state index in [1.165, 1.54) is 4.90 Å². The van der Waals surface area contributed by atoms with Crippen molar-refractivity contribution < 1.29 is 19.4 Å². The number of anilines is 1. The van der Waals surface area contributed by atoms with E-state index >= 15 is 0 Å². The number of halogens is 1. The molecule has 0 aliphatic carbocycles. The molecule has 1 N–H and O–H groups in total. The van der Waals surface area contributed by atoms with E-state index < -0.39 is 18.2 Å². The highest BCUT2D eigenvalue weighted by Gasteiger charge is 2.37. The van der Waals surface area contributed by atoms with Gasteiger partial charge in [-0.2, -0.15) is 0 Å². The molecule has 5 nitrogen and oxygen atoms in total. The molecule has 0 radical (unpaired) electrons. The summed E-state index contributed by atoms with van der Waals surface area (Å²) in [5.74, 6) is -1.16. The molecule has 1 atom stereocenters. The molecule has 1 aromatic carbocycles. The summed E-state index contributed by atoms with van der Waals surface area (Å²) in [6, 6.07) is 6.69. The number of hydrogen-bond acceptors (Lipinski definition) is 3. The number of benzene rings is 1. The number of carbonyl (C=O) groups is 2. The fraction of sp³-hybridized carbons (Fsp3) is 0.200. The molecule has 2 rings (SSSR count). The number of carboxylic acids is 1. The largest absolute Gasteiger partial charge is 0.478 e. The predicted octanol–water partition coefficient (Wildman–Crippen LogP) is 1.75. The van der Waals surface area contributed by atoms with E-state index in [4.69, 9.17) is 16.7 Å². The average Bonchev–Trinajstić information content (AvgIpc) is 2.61. The van der Waals surface area contributed by atoms with Crippen LogP contribution in [0.3, 0.4) is 0 Å². The normalized spacial score (nSPS) is 19.7. The van der Waals surface area contributed by atoms with Crippen LogP contribution in [0.5, 0.6) is 0 Å². The van der Waals surface area contributed by atoms with Crippen molar-refractivity contribution in [1.82, 2.24) is 0 Å². The molecule has 0 saturated carbocycles. The Balaban J connectivity index is 2.27. The van der Waals surface area contributed by atoms with Crippen LogP contribution in [0.2, 0.25) is 5.02 Å². The summed E-state index contributed by atoms with van der Waals surface area (Å²) in [6.45, 7) is -0.0299. The van der Waals surface area contributed by atoms with Gasteiger partial charge in [-0.3, -0.25) is 4.90 Å². The second-order valence-electron chi connectivity index (χ2n) is 3.27. The van der Waals surface area contributed by atoms with Crippen LogP contribution in [0, 0.1) is 0 Å². The molecule has 0 bridgehead atoms. The van der Waals surface area contributed by atoms with Gasteiger partial charge in [0.2, 0.25) is 6.10 Å². The summed E-state index contributed by atoms with van der Waals surface area (Å²) in [5.41, 5.74) is 0.456. The first-order valence-corrected chi connectivity index (χ1v) is 4.93. The first-order chi connectivity index (χ1) is 7.59. The number of cyclic esters (lactones) is 1. The van der Waals surface area contributed by atoms with Crippen LogP contribution in [0.25, 0.3) is 0 Å². The molecule has 1 aliphatic heterocycles. The summed E-state index contributed by atoms with van der Waals surface area (Å²) >= 11 is 5.90. The van der Waals surface area contributed by atoms with Crippen LogP contribution in [-0.4, -0.2) is 29.8 Å². The zero-order valence-electron chi connectivity index (χ0n) is 8.09. The molecule has 6 heteroatoms. The van der Waals surface area contributed by atoms with Gasteiger partial charge < -0.3 is 9.84 Å². The van der Waals surface area contributed by atoms with E-state index in [1.54, 1.807) is 24.3 Å². The fourth-order valence-corrected chi connectivity index (χ4v) is 1.70. The van der Waals surface area contributed by atoms with Gasteiger partial charge in [0.25, 0.3) is 0 Å². The number of aliphatic carboxylic acids is 1. The molecule has 1 fully saturated rings. The number of carboxylic acid groups (broad SMARTS) is 1. The van der Waals surface area contributed by atoms with Crippen molar-refractivity contribution in [3.8, 4) is 0 Å². The minimum Gasteiger partial charge on any atom is -0.478 e. The SMILES string of the molecule is O=C(O)[C@H]1CN(c2ccccc2Cl)C(=O)O1. The van der Waals surface area contributed by atoms with Gasteiger partial charge in [-0.25, -0.2) is 9.59 Å². The Morgan fingerprint density at radius 1 is 1.50 bits per heavy atom. The Labute approximate surface area is 96.2 Å². The number of hydrogen-bond donors (Lipinski definition) is 1. The van der Waals surface area contributed by atoms with Crippen molar-refractivity contribution in [1.29, 1.82) is 0 Å².